The molecule has 0 radical (unpaired) electrons. The first-order valence-electron chi connectivity index (χ1n) is 4.05. The fraction of sp³-hybridized carbons (Fsp3) is 0.300. The van der Waals surface area contributed by atoms with Crippen molar-refractivity contribution in [2.45, 2.75) is 19.4 Å². The summed E-state index contributed by atoms with van der Waals surface area (Å²) < 4.78 is 18.8. The molecule has 0 unspecified atom stereocenters. The second kappa shape index (κ2) is 4.09. The maximum absolute atomic E-state index is 12.8. The number of benzene rings is 1. The Morgan fingerprint density at radius 3 is 2.71 bits per heavy atom. The van der Waals surface area contributed by atoms with Gasteiger partial charge in [0.1, 0.15) is 11.6 Å². The number of aldehydes is 1. The molecule has 4 heteroatoms. The third-order valence-electron chi connectivity index (χ3n) is 1.55. The van der Waals surface area contributed by atoms with Crippen LogP contribution in [-0.4, -0.2) is 11.9 Å². The molecule has 0 saturated carbocycles. The Balaban J connectivity index is 2.96. The zero-order chi connectivity index (χ0) is 10.8. The van der Waals surface area contributed by atoms with E-state index in [1.807, 2.05) is 0 Å². The normalized spacial score (nSPS) is 11.1. The van der Waals surface area contributed by atoms with Gasteiger partial charge >= 0.3 is 0 Å². The van der Waals surface area contributed by atoms with Gasteiger partial charge in [-0.3, -0.25) is 4.79 Å². The van der Waals surface area contributed by atoms with Gasteiger partial charge in [-0.05, 0) is 41.9 Å². The van der Waals surface area contributed by atoms with Crippen LogP contribution in [0.4, 0.5) is 4.39 Å². The molecule has 0 aliphatic carbocycles. The van der Waals surface area contributed by atoms with Crippen molar-refractivity contribution in [2.75, 3.05) is 0 Å². The Kier molecular flexibility index (Phi) is 3.26. The van der Waals surface area contributed by atoms with Gasteiger partial charge in [0.05, 0.1) is 4.47 Å². The van der Waals surface area contributed by atoms with E-state index in [2.05, 4.69) is 15.9 Å². The third-order valence-corrected chi connectivity index (χ3v) is 2.21. The van der Waals surface area contributed by atoms with Gasteiger partial charge in [0.15, 0.2) is 11.9 Å². The van der Waals surface area contributed by atoms with Crippen molar-refractivity contribution in [3.05, 3.63) is 28.5 Å². The summed E-state index contributed by atoms with van der Waals surface area (Å²) in [5.74, 6) is -0.0769. The molecule has 0 saturated heterocycles. The van der Waals surface area contributed by atoms with Gasteiger partial charge < -0.3 is 4.74 Å². The Labute approximate surface area is 90.2 Å². The molecule has 1 aromatic carbocycles. The zero-order valence-electron chi connectivity index (χ0n) is 7.88. The standard InChI is InChI=1S/C10H10BrFO2/c1-10(2,6-13)14-9-5-7(12)3-4-8(9)11/h3-6H,1-2H3. The van der Waals surface area contributed by atoms with Crippen LogP contribution < -0.4 is 4.74 Å². The average molecular weight is 261 g/mol. The third kappa shape index (κ3) is 2.80. The average Bonchev–Trinajstić information content (AvgIpc) is 2.11. The molecule has 76 valence electrons. The second-order valence-electron chi connectivity index (χ2n) is 3.40. The highest BCUT2D eigenvalue weighted by molar-refractivity contribution is 9.10. The molecule has 0 fully saturated rings. The predicted octanol–water partition coefficient (Wildman–Crippen LogP) is 2.94. The van der Waals surface area contributed by atoms with E-state index in [9.17, 15) is 9.18 Å². The van der Waals surface area contributed by atoms with E-state index < -0.39 is 11.4 Å². The molecule has 0 bridgehead atoms. The Morgan fingerprint density at radius 1 is 1.50 bits per heavy atom. The van der Waals surface area contributed by atoms with Crippen molar-refractivity contribution >= 4 is 22.2 Å². The van der Waals surface area contributed by atoms with Crippen LogP contribution in [0.5, 0.6) is 5.75 Å². The molecule has 1 rings (SSSR count). The number of carbonyl (C=O) groups is 1. The maximum atomic E-state index is 12.8. The summed E-state index contributed by atoms with van der Waals surface area (Å²) in [4.78, 5) is 10.6. The minimum Gasteiger partial charge on any atom is -0.479 e. The minimum atomic E-state index is -0.948. The van der Waals surface area contributed by atoms with Crippen molar-refractivity contribution in [3.63, 3.8) is 0 Å². The van der Waals surface area contributed by atoms with Gasteiger partial charge in [-0.2, -0.15) is 0 Å². The largest absolute Gasteiger partial charge is 0.479 e. The van der Waals surface area contributed by atoms with Crippen LogP contribution in [0.25, 0.3) is 0 Å². The van der Waals surface area contributed by atoms with Crippen LogP contribution in [0.1, 0.15) is 13.8 Å². The smallest absolute Gasteiger partial charge is 0.162 e. The molecule has 1 aromatic rings. The van der Waals surface area contributed by atoms with Crippen LogP contribution in [-0.2, 0) is 4.79 Å². The lowest BCUT2D eigenvalue weighted by Crippen LogP contribution is -2.29. The first-order valence-corrected chi connectivity index (χ1v) is 4.84. The molecule has 0 atom stereocenters. The molecule has 0 aliphatic rings. The lowest BCUT2D eigenvalue weighted by Gasteiger charge is -2.20. The van der Waals surface area contributed by atoms with Crippen molar-refractivity contribution in [3.8, 4) is 5.75 Å². The van der Waals surface area contributed by atoms with E-state index in [1.54, 1.807) is 13.8 Å². The number of rotatable bonds is 3. The summed E-state index contributed by atoms with van der Waals surface area (Å²) in [6, 6.07) is 4.08. The van der Waals surface area contributed by atoms with Gasteiger partial charge in [0.2, 0.25) is 0 Å². The summed E-state index contributed by atoms with van der Waals surface area (Å²) in [6.07, 6.45) is 0.671. The van der Waals surface area contributed by atoms with E-state index in [4.69, 9.17) is 4.74 Å². The first kappa shape index (κ1) is 11.2. The molecular formula is C10H10BrFO2. The van der Waals surface area contributed by atoms with E-state index in [0.717, 1.165) is 0 Å². The highest BCUT2D eigenvalue weighted by Crippen LogP contribution is 2.28. The van der Waals surface area contributed by atoms with Crippen LogP contribution in [0.2, 0.25) is 0 Å². The molecule has 2 nitrogen and oxygen atoms in total. The minimum absolute atomic E-state index is 0.321. The van der Waals surface area contributed by atoms with Crippen molar-refractivity contribution in [1.82, 2.24) is 0 Å². The fourth-order valence-electron chi connectivity index (χ4n) is 0.863. The van der Waals surface area contributed by atoms with Crippen molar-refractivity contribution < 1.29 is 13.9 Å². The zero-order valence-corrected chi connectivity index (χ0v) is 9.47. The molecule has 0 spiro atoms. The van der Waals surface area contributed by atoms with Crippen LogP contribution in [0, 0.1) is 5.82 Å². The Morgan fingerprint density at radius 2 is 2.14 bits per heavy atom. The molecule has 14 heavy (non-hydrogen) atoms. The highest BCUT2D eigenvalue weighted by atomic mass is 79.9. The summed E-state index contributed by atoms with van der Waals surface area (Å²) in [5.41, 5.74) is -0.948. The number of carbonyl (C=O) groups excluding carboxylic acids is 1. The number of hydrogen-bond donors (Lipinski definition) is 0. The SMILES string of the molecule is CC(C)(C=O)Oc1cc(F)ccc1Br. The van der Waals surface area contributed by atoms with Crippen LogP contribution in [0.3, 0.4) is 0 Å². The van der Waals surface area contributed by atoms with Crippen LogP contribution >= 0.6 is 15.9 Å². The number of hydrogen-bond acceptors (Lipinski definition) is 2. The highest BCUT2D eigenvalue weighted by Gasteiger charge is 2.19. The van der Waals surface area contributed by atoms with Gasteiger partial charge in [0.25, 0.3) is 0 Å². The lowest BCUT2D eigenvalue weighted by atomic mass is 10.2. The van der Waals surface area contributed by atoms with Gasteiger partial charge in [-0.25, -0.2) is 4.39 Å². The summed E-state index contributed by atoms with van der Waals surface area (Å²) in [6.45, 7) is 3.22. The van der Waals surface area contributed by atoms with E-state index in [-0.39, 0.29) is 0 Å². The summed E-state index contributed by atoms with van der Waals surface area (Å²) in [7, 11) is 0. The number of halogens is 2. The van der Waals surface area contributed by atoms with Crippen molar-refractivity contribution in [2.24, 2.45) is 0 Å². The van der Waals surface area contributed by atoms with Gasteiger partial charge in [0, 0.05) is 6.07 Å². The molecular weight excluding hydrogens is 251 g/mol. The monoisotopic (exact) mass is 260 g/mol. The lowest BCUT2D eigenvalue weighted by molar-refractivity contribution is -0.119. The Bertz CT molecular complexity index is 350. The Hall–Kier alpha value is -0.900. The molecule has 0 aromatic heterocycles. The summed E-state index contributed by atoms with van der Waals surface area (Å²) >= 11 is 3.20. The van der Waals surface area contributed by atoms with Crippen LogP contribution in [0.15, 0.2) is 22.7 Å². The van der Waals surface area contributed by atoms with E-state index in [0.29, 0.717) is 16.5 Å². The van der Waals surface area contributed by atoms with E-state index >= 15 is 0 Å². The van der Waals surface area contributed by atoms with E-state index in [1.165, 1.54) is 18.2 Å². The molecule has 0 amide bonds. The van der Waals surface area contributed by atoms with Gasteiger partial charge in [-0.15, -0.1) is 0 Å². The predicted molar refractivity (Wildman–Crippen MR) is 54.9 cm³/mol. The second-order valence-corrected chi connectivity index (χ2v) is 4.25. The van der Waals surface area contributed by atoms with Crippen molar-refractivity contribution in [1.29, 1.82) is 0 Å². The first-order chi connectivity index (χ1) is 6.44. The van der Waals surface area contributed by atoms with Gasteiger partial charge in [-0.1, -0.05) is 0 Å². The topological polar surface area (TPSA) is 26.3 Å². The molecule has 0 heterocycles. The molecule has 0 aliphatic heterocycles. The summed E-state index contributed by atoms with van der Waals surface area (Å²) in [5, 5.41) is 0. The quantitative estimate of drug-likeness (QED) is 0.782. The molecule has 0 N–H and O–H groups in total. The maximum Gasteiger partial charge on any atom is 0.162 e. The number of ether oxygens (including phenoxy) is 1. The fourth-order valence-corrected chi connectivity index (χ4v) is 1.19.